The maximum Gasteiger partial charge on any atom is 0.337 e. The summed E-state index contributed by atoms with van der Waals surface area (Å²) in [5, 5.41) is 2.79. The highest BCUT2D eigenvalue weighted by atomic mass is 79.9. The molecule has 4 nitrogen and oxygen atoms in total. The van der Waals surface area contributed by atoms with Gasteiger partial charge in [-0.2, -0.15) is 0 Å². The molecule has 0 heterocycles. The van der Waals surface area contributed by atoms with Crippen LogP contribution in [0.25, 0.3) is 0 Å². The molecule has 2 rings (SSSR count). The standard InChI is InChI=1S/C16H14BrNO3/c1-10-3-8-14(17)13(9-10)15(19)18-12-6-4-11(5-7-12)16(20)21-2/h3-9H,1-2H3,(H,18,19). The minimum atomic E-state index is -0.408. The van der Waals surface area contributed by atoms with E-state index in [1.807, 2.05) is 25.1 Å². The number of nitrogens with one attached hydrogen (secondary N) is 1. The quantitative estimate of drug-likeness (QED) is 0.859. The Morgan fingerprint density at radius 1 is 1.10 bits per heavy atom. The summed E-state index contributed by atoms with van der Waals surface area (Å²) in [6.45, 7) is 1.92. The van der Waals surface area contributed by atoms with Crippen LogP contribution < -0.4 is 5.32 Å². The van der Waals surface area contributed by atoms with Crippen molar-refractivity contribution in [1.29, 1.82) is 0 Å². The van der Waals surface area contributed by atoms with Crippen molar-refractivity contribution in [2.75, 3.05) is 12.4 Å². The number of hydrogen-bond donors (Lipinski definition) is 1. The number of benzene rings is 2. The van der Waals surface area contributed by atoms with Crippen molar-refractivity contribution >= 4 is 33.5 Å². The third-order valence-corrected chi connectivity index (χ3v) is 3.62. The lowest BCUT2D eigenvalue weighted by Crippen LogP contribution is -2.13. The van der Waals surface area contributed by atoms with Crippen LogP contribution in [0, 0.1) is 6.92 Å². The molecule has 2 aromatic carbocycles. The Bertz CT molecular complexity index is 680. The van der Waals surface area contributed by atoms with Crippen LogP contribution in [0.1, 0.15) is 26.3 Å². The number of esters is 1. The molecule has 0 unspecified atom stereocenters. The average Bonchev–Trinajstić information content (AvgIpc) is 2.49. The molecule has 0 aromatic heterocycles. The monoisotopic (exact) mass is 347 g/mol. The number of amides is 1. The summed E-state index contributed by atoms with van der Waals surface area (Å²) in [5.41, 5.74) is 2.62. The molecular formula is C16H14BrNO3. The number of ether oxygens (including phenoxy) is 1. The van der Waals surface area contributed by atoms with Crippen LogP contribution in [0.15, 0.2) is 46.9 Å². The molecule has 0 atom stereocenters. The van der Waals surface area contributed by atoms with E-state index in [4.69, 9.17) is 0 Å². The number of halogens is 1. The van der Waals surface area contributed by atoms with Crippen molar-refractivity contribution in [3.63, 3.8) is 0 Å². The number of hydrogen-bond acceptors (Lipinski definition) is 3. The van der Waals surface area contributed by atoms with Crippen molar-refractivity contribution in [3.05, 3.63) is 63.6 Å². The maximum absolute atomic E-state index is 12.2. The Balaban J connectivity index is 2.16. The Hall–Kier alpha value is -2.14. The Labute approximate surface area is 131 Å². The molecule has 1 N–H and O–H groups in total. The summed E-state index contributed by atoms with van der Waals surface area (Å²) in [4.78, 5) is 23.6. The highest BCUT2D eigenvalue weighted by Crippen LogP contribution is 2.20. The molecule has 0 aliphatic carbocycles. The van der Waals surface area contributed by atoms with E-state index in [-0.39, 0.29) is 5.91 Å². The predicted molar refractivity (Wildman–Crippen MR) is 84.6 cm³/mol. The van der Waals surface area contributed by atoms with E-state index in [2.05, 4.69) is 26.0 Å². The van der Waals surface area contributed by atoms with E-state index in [1.165, 1.54) is 7.11 Å². The molecule has 108 valence electrons. The molecule has 0 saturated carbocycles. The van der Waals surface area contributed by atoms with Gasteiger partial charge in [0.1, 0.15) is 0 Å². The van der Waals surface area contributed by atoms with Crippen LogP contribution in [0.4, 0.5) is 5.69 Å². The Morgan fingerprint density at radius 3 is 2.38 bits per heavy atom. The third-order valence-electron chi connectivity index (χ3n) is 2.93. The van der Waals surface area contributed by atoms with E-state index >= 15 is 0 Å². The lowest BCUT2D eigenvalue weighted by atomic mass is 10.1. The average molecular weight is 348 g/mol. The van der Waals surface area contributed by atoms with Crippen LogP contribution >= 0.6 is 15.9 Å². The van der Waals surface area contributed by atoms with Crippen LogP contribution in [0.5, 0.6) is 0 Å². The number of anilines is 1. The van der Waals surface area contributed by atoms with Crippen molar-refractivity contribution in [2.45, 2.75) is 6.92 Å². The van der Waals surface area contributed by atoms with Gasteiger partial charge < -0.3 is 10.1 Å². The molecule has 0 saturated heterocycles. The zero-order valence-corrected chi connectivity index (χ0v) is 13.2. The van der Waals surface area contributed by atoms with Crippen molar-refractivity contribution < 1.29 is 14.3 Å². The van der Waals surface area contributed by atoms with E-state index in [1.54, 1.807) is 24.3 Å². The summed E-state index contributed by atoms with van der Waals surface area (Å²) >= 11 is 3.36. The number of carbonyl (C=O) groups excluding carboxylic acids is 2. The fourth-order valence-corrected chi connectivity index (χ4v) is 2.25. The first-order valence-electron chi connectivity index (χ1n) is 6.27. The van der Waals surface area contributed by atoms with Gasteiger partial charge in [0.2, 0.25) is 0 Å². The minimum Gasteiger partial charge on any atom is -0.465 e. The highest BCUT2D eigenvalue weighted by molar-refractivity contribution is 9.10. The SMILES string of the molecule is COC(=O)c1ccc(NC(=O)c2cc(C)ccc2Br)cc1. The van der Waals surface area contributed by atoms with Gasteiger partial charge in [0, 0.05) is 10.2 Å². The second-order valence-electron chi connectivity index (χ2n) is 4.51. The van der Waals surface area contributed by atoms with Gasteiger partial charge in [-0.15, -0.1) is 0 Å². The van der Waals surface area contributed by atoms with Crippen molar-refractivity contribution in [1.82, 2.24) is 0 Å². The van der Waals surface area contributed by atoms with Crippen LogP contribution in [0.3, 0.4) is 0 Å². The van der Waals surface area contributed by atoms with E-state index < -0.39 is 5.97 Å². The predicted octanol–water partition coefficient (Wildman–Crippen LogP) is 3.80. The molecule has 1 amide bonds. The van der Waals surface area contributed by atoms with Gasteiger partial charge in [-0.3, -0.25) is 4.79 Å². The minimum absolute atomic E-state index is 0.212. The van der Waals surface area contributed by atoms with Crippen LogP contribution in [-0.2, 0) is 4.74 Å². The molecule has 0 spiro atoms. The lowest BCUT2D eigenvalue weighted by Gasteiger charge is -2.08. The van der Waals surface area contributed by atoms with Gasteiger partial charge in [-0.05, 0) is 59.3 Å². The van der Waals surface area contributed by atoms with E-state index in [0.29, 0.717) is 16.8 Å². The number of aryl methyl sites for hydroxylation is 1. The molecule has 0 bridgehead atoms. The van der Waals surface area contributed by atoms with Gasteiger partial charge in [0.25, 0.3) is 5.91 Å². The first-order valence-corrected chi connectivity index (χ1v) is 7.06. The normalized spacial score (nSPS) is 10.0. The maximum atomic E-state index is 12.2. The molecule has 0 aliphatic heterocycles. The molecule has 0 fully saturated rings. The Kier molecular flexibility index (Phi) is 4.75. The van der Waals surface area contributed by atoms with Crippen molar-refractivity contribution in [3.8, 4) is 0 Å². The van der Waals surface area contributed by atoms with E-state index in [0.717, 1.165) is 10.0 Å². The highest BCUT2D eigenvalue weighted by Gasteiger charge is 2.11. The third kappa shape index (κ3) is 3.70. The van der Waals surface area contributed by atoms with Crippen molar-refractivity contribution in [2.24, 2.45) is 0 Å². The summed E-state index contributed by atoms with van der Waals surface area (Å²) in [6, 6.07) is 12.1. The van der Waals surface area contributed by atoms with E-state index in [9.17, 15) is 9.59 Å². The zero-order chi connectivity index (χ0) is 15.4. The number of carbonyl (C=O) groups is 2. The first kappa shape index (κ1) is 15.3. The van der Waals surface area contributed by atoms with Gasteiger partial charge in [0.05, 0.1) is 18.2 Å². The Morgan fingerprint density at radius 2 is 1.76 bits per heavy atom. The van der Waals surface area contributed by atoms with Gasteiger partial charge in [0.15, 0.2) is 0 Å². The summed E-state index contributed by atoms with van der Waals surface area (Å²) < 4.78 is 5.36. The molecule has 0 aliphatic rings. The molecule has 0 radical (unpaired) electrons. The largest absolute Gasteiger partial charge is 0.465 e. The number of rotatable bonds is 3. The molecule has 5 heteroatoms. The molecule has 2 aromatic rings. The summed E-state index contributed by atoms with van der Waals surface area (Å²) in [5.74, 6) is -0.620. The first-order chi connectivity index (χ1) is 10.0. The summed E-state index contributed by atoms with van der Waals surface area (Å²) in [6.07, 6.45) is 0. The lowest BCUT2D eigenvalue weighted by molar-refractivity contribution is 0.0600. The van der Waals surface area contributed by atoms with Gasteiger partial charge >= 0.3 is 5.97 Å². The van der Waals surface area contributed by atoms with Gasteiger partial charge in [-0.25, -0.2) is 4.79 Å². The fraction of sp³-hybridized carbons (Fsp3) is 0.125. The smallest absolute Gasteiger partial charge is 0.337 e. The number of methoxy groups -OCH3 is 1. The van der Waals surface area contributed by atoms with Crippen LogP contribution in [0.2, 0.25) is 0 Å². The summed E-state index contributed by atoms with van der Waals surface area (Å²) in [7, 11) is 1.33. The fourth-order valence-electron chi connectivity index (χ4n) is 1.82. The second-order valence-corrected chi connectivity index (χ2v) is 5.36. The zero-order valence-electron chi connectivity index (χ0n) is 11.6. The second kappa shape index (κ2) is 6.54. The van der Waals surface area contributed by atoms with Crippen LogP contribution in [-0.4, -0.2) is 19.0 Å². The van der Waals surface area contributed by atoms with Gasteiger partial charge in [-0.1, -0.05) is 11.6 Å². The molecule has 21 heavy (non-hydrogen) atoms. The molecular weight excluding hydrogens is 334 g/mol. The topological polar surface area (TPSA) is 55.4 Å².